The van der Waals surface area contributed by atoms with Crippen LogP contribution in [0.25, 0.3) is 22.2 Å². The van der Waals surface area contributed by atoms with Crippen LogP contribution in [0.5, 0.6) is 0 Å². The van der Waals surface area contributed by atoms with E-state index in [1.54, 1.807) is 36.8 Å². The van der Waals surface area contributed by atoms with E-state index in [0.29, 0.717) is 33.7 Å². The Labute approximate surface area is 161 Å². The molecule has 0 bridgehead atoms. The number of nitrogens with zero attached hydrogens (tertiary/aromatic N) is 3. The summed E-state index contributed by atoms with van der Waals surface area (Å²) < 4.78 is 0. The average molecular weight is 375 g/mol. The van der Waals surface area contributed by atoms with Crippen LogP contribution < -0.4 is 5.32 Å². The van der Waals surface area contributed by atoms with Crippen LogP contribution in [0.15, 0.2) is 73.2 Å². The summed E-state index contributed by atoms with van der Waals surface area (Å²) in [5.41, 5.74) is 3.52. The second kappa shape index (κ2) is 7.51. The van der Waals surface area contributed by atoms with Gasteiger partial charge in [0.25, 0.3) is 5.91 Å². The fraction of sp³-hybridized carbons (Fsp3) is 0.0476. The Morgan fingerprint density at radius 2 is 1.96 bits per heavy atom. The van der Waals surface area contributed by atoms with Crippen molar-refractivity contribution in [2.45, 2.75) is 6.54 Å². The van der Waals surface area contributed by atoms with Gasteiger partial charge in [0.05, 0.1) is 29.0 Å². The molecule has 132 valence electrons. The summed E-state index contributed by atoms with van der Waals surface area (Å²) in [7, 11) is 0. The molecule has 1 amide bonds. The van der Waals surface area contributed by atoms with Gasteiger partial charge < -0.3 is 5.32 Å². The Kier molecular flexibility index (Phi) is 4.77. The van der Waals surface area contributed by atoms with Gasteiger partial charge in [0.15, 0.2) is 0 Å². The first kappa shape index (κ1) is 17.1. The zero-order valence-corrected chi connectivity index (χ0v) is 15.0. The summed E-state index contributed by atoms with van der Waals surface area (Å²) >= 11 is 6.15. The second-order valence-corrected chi connectivity index (χ2v) is 6.40. The number of carbonyl (C=O) groups excluding carboxylic acids is 1. The first-order valence-corrected chi connectivity index (χ1v) is 8.77. The minimum Gasteiger partial charge on any atom is -0.346 e. The molecule has 0 aliphatic rings. The Morgan fingerprint density at radius 3 is 2.74 bits per heavy atom. The molecule has 0 spiro atoms. The number of benzene rings is 1. The van der Waals surface area contributed by atoms with Gasteiger partial charge in [0, 0.05) is 34.6 Å². The topological polar surface area (TPSA) is 67.8 Å². The average Bonchev–Trinajstić information content (AvgIpc) is 2.72. The molecule has 0 radical (unpaired) electrons. The molecular weight excluding hydrogens is 360 g/mol. The van der Waals surface area contributed by atoms with Gasteiger partial charge in [-0.25, -0.2) is 4.98 Å². The number of nitrogens with one attached hydrogen (secondary N) is 1. The van der Waals surface area contributed by atoms with Crippen molar-refractivity contribution in [1.82, 2.24) is 20.3 Å². The first-order valence-electron chi connectivity index (χ1n) is 8.39. The summed E-state index contributed by atoms with van der Waals surface area (Å²) in [6.45, 7) is 0.340. The molecule has 0 aliphatic carbocycles. The van der Waals surface area contributed by atoms with Crippen LogP contribution in [0.4, 0.5) is 0 Å². The predicted molar refractivity (Wildman–Crippen MR) is 105 cm³/mol. The first-order chi connectivity index (χ1) is 13.2. The molecule has 0 saturated carbocycles. The minimum absolute atomic E-state index is 0.208. The van der Waals surface area contributed by atoms with Crippen LogP contribution in [-0.2, 0) is 6.54 Å². The monoisotopic (exact) mass is 374 g/mol. The van der Waals surface area contributed by atoms with Crippen LogP contribution in [0, 0.1) is 0 Å². The predicted octanol–water partition coefficient (Wildman–Crippen LogP) is 4.28. The Bertz CT molecular complexity index is 1100. The van der Waals surface area contributed by atoms with E-state index in [-0.39, 0.29) is 5.91 Å². The molecule has 0 saturated heterocycles. The third-order valence-electron chi connectivity index (χ3n) is 4.13. The van der Waals surface area contributed by atoms with Crippen LogP contribution in [-0.4, -0.2) is 20.9 Å². The van der Waals surface area contributed by atoms with Crippen molar-refractivity contribution in [2.24, 2.45) is 0 Å². The smallest absolute Gasteiger partial charge is 0.252 e. The normalized spacial score (nSPS) is 10.7. The standard InChI is InChI=1S/C21H15ClN4O/c22-15-6-7-19-17(10-15)18(11-20(26-19)14-4-3-8-23-12-14)21(27)25-13-16-5-1-2-9-24-16/h1-12H,13H2,(H,25,27). The van der Waals surface area contributed by atoms with E-state index in [4.69, 9.17) is 11.6 Å². The van der Waals surface area contributed by atoms with Crippen molar-refractivity contribution in [1.29, 1.82) is 0 Å². The Balaban J connectivity index is 1.75. The van der Waals surface area contributed by atoms with Crippen LogP contribution in [0.2, 0.25) is 5.02 Å². The lowest BCUT2D eigenvalue weighted by atomic mass is 10.0. The summed E-state index contributed by atoms with van der Waals surface area (Å²) in [6, 6.07) is 16.4. The highest BCUT2D eigenvalue weighted by molar-refractivity contribution is 6.31. The van der Waals surface area contributed by atoms with E-state index in [1.807, 2.05) is 36.4 Å². The highest BCUT2D eigenvalue weighted by Gasteiger charge is 2.14. The number of pyridine rings is 3. The molecule has 4 rings (SSSR count). The molecule has 5 nitrogen and oxygen atoms in total. The maximum atomic E-state index is 12.9. The number of hydrogen-bond acceptors (Lipinski definition) is 4. The fourth-order valence-corrected chi connectivity index (χ4v) is 2.99. The second-order valence-electron chi connectivity index (χ2n) is 5.96. The Morgan fingerprint density at radius 1 is 1.04 bits per heavy atom. The van der Waals surface area contributed by atoms with E-state index in [2.05, 4.69) is 20.3 Å². The molecule has 0 unspecified atom stereocenters. The van der Waals surface area contributed by atoms with Crippen LogP contribution >= 0.6 is 11.6 Å². The van der Waals surface area contributed by atoms with Gasteiger partial charge in [-0.15, -0.1) is 0 Å². The number of carbonyl (C=O) groups is 1. The number of halogens is 1. The minimum atomic E-state index is -0.208. The highest BCUT2D eigenvalue weighted by Crippen LogP contribution is 2.26. The SMILES string of the molecule is O=C(NCc1ccccn1)c1cc(-c2cccnc2)nc2ccc(Cl)cc12. The molecule has 0 fully saturated rings. The van der Waals surface area contributed by atoms with Gasteiger partial charge in [-0.3, -0.25) is 14.8 Å². The molecule has 1 aromatic carbocycles. The Hall–Kier alpha value is -3.31. The van der Waals surface area contributed by atoms with E-state index in [0.717, 1.165) is 11.3 Å². The quantitative estimate of drug-likeness (QED) is 0.579. The zero-order chi connectivity index (χ0) is 18.6. The number of fused-ring (bicyclic) bond motifs is 1. The van der Waals surface area contributed by atoms with Crippen LogP contribution in [0.1, 0.15) is 16.1 Å². The largest absolute Gasteiger partial charge is 0.346 e. The molecule has 0 aliphatic heterocycles. The maximum absolute atomic E-state index is 12.9. The van der Waals surface area contributed by atoms with E-state index in [9.17, 15) is 4.79 Å². The number of aromatic nitrogens is 3. The molecular formula is C21H15ClN4O. The third kappa shape index (κ3) is 3.78. The van der Waals surface area contributed by atoms with Gasteiger partial charge in [0.2, 0.25) is 0 Å². The molecule has 27 heavy (non-hydrogen) atoms. The molecule has 6 heteroatoms. The zero-order valence-electron chi connectivity index (χ0n) is 14.3. The van der Waals surface area contributed by atoms with Gasteiger partial charge in [-0.05, 0) is 48.5 Å². The number of amides is 1. The van der Waals surface area contributed by atoms with E-state index < -0.39 is 0 Å². The molecule has 1 N–H and O–H groups in total. The number of hydrogen-bond donors (Lipinski definition) is 1. The molecule has 3 heterocycles. The van der Waals surface area contributed by atoms with Gasteiger partial charge >= 0.3 is 0 Å². The molecule has 0 atom stereocenters. The van der Waals surface area contributed by atoms with Gasteiger partial charge in [0.1, 0.15) is 0 Å². The van der Waals surface area contributed by atoms with Crippen LogP contribution in [0.3, 0.4) is 0 Å². The summed E-state index contributed by atoms with van der Waals surface area (Å²) in [4.78, 5) is 25.9. The summed E-state index contributed by atoms with van der Waals surface area (Å²) in [6.07, 6.45) is 5.12. The van der Waals surface area contributed by atoms with Gasteiger partial charge in [-0.1, -0.05) is 17.7 Å². The number of rotatable bonds is 4. The maximum Gasteiger partial charge on any atom is 0.252 e. The van der Waals surface area contributed by atoms with E-state index in [1.165, 1.54) is 0 Å². The molecule has 3 aromatic heterocycles. The van der Waals surface area contributed by atoms with Crippen molar-refractivity contribution < 1.29 is 4.79 Å². The fourth-order valence-electron chi connectivity index (χ4n) is 2.82. The highest BCUT2D eigenvalue weighted by atomic mass is 35.5. The van der Waals surface area contributed by atoms with Crippen molar-refractivity contribution in [3.8, 4) is 11.3 Å². The van der Waals surface area contributed by atoms with Crippen molar-refractivity contribution >= 4 is 28.4 Å². The summed E-state index contributed by atoms with van der Waals surface area (Å²) in [5, 5.41) is 4.17. The summed E-state index contributed by atoms with van der Waals surface area (Å²) in [5.74, 6) is -0.208. The lowest BCUT2D eigenvalue weighted by Crippen LogP contribution is -2.23. The van der Waals surface area contributed by atoms with Crippen molar-refractivity contribution in [3.63, 3.8) is 0 Å². The van der Waals surface area contributed by atoms with Crippen molar-refractivity contribution in [3.05, 3.63) is 89.5 Å². The van der Waals surface area contributed by atoms with Gasteiger partial charge in [-0.2, -0.15) is 0 Å². The lowest BCUT2D eigenvalue weighted by molar-refractivity contribution is 0.0952. The third-order valence-corrected chi connectivity index (χ3v) is 4.36. The lowest BCUT2D eigenvalue weighted by Gasteiger charge is -2.11. The van der Waals surface area contributed by atoms with E-state index >= 15 is 0 Å². The van der Waals surface area contributed by atoms with Crippen molar-refractivity contribution in [2.75, 3.05) is 0 Å². The molecule has 4 aromatic rings.